The van der Waals surface area contributed by atoms with Gasteiger partial charge >= 0.3 is 0 Å². The van der Waals surface area contributed by atoms with Gasteiger partial charge in [-0.25, -0.2) is 0 Å². The highest BCUT2D eigenvalue weighted by Crippen LogP contribution is 2.61. The van der Waals surface area contributed by atoms with Crippen molar-refractivity contribution in [3.63, 3.8) is 0 Å². The number of nitrogens with one attached hydrogen (secondary N) is 2. The molecule has 5 nitrogen and oxygen atoms in total. The molecule has 1 aromatic rings. The fourth-order valence-electron chi connectivity index (χ4n) is 6.03. The Hall–Kier alpha value is -2.04. The number of para-hydroxylation sites is 1. The van der Waals surface area contributed by atoms with E-state index in [0.717, 1.165) is 23.5 Å². The Balaban J connectivity index is 1.14. The van der Waals surface area contributed by atoms with Gasteiger partial charge in [0, 0.05) is 12.8 Å². The Morgan fingerprint density at radius 3 is 2.15 bits per heavy atom. The fraction of sp³-hybridized carbons (Fsp3) is 0.636. The lowest BCUT2D eigenvalue weighted by Crippen LogP contribution is -2.50. The second-order valence-electron chi connectivity index (χ2n) is 8.96. The number of carbonyl (C=O) groups is 2. The maximum atomic E-state index is 12.4. The van der Waals surface area contributed by atoms with Crippen molar-refractivity contribution in [2.45, 2.75) is 57.8 Å². The second-order valence-corrected chi connectivity index (χ2v) is 8.96. The average molecular weight is 370 g/mol. The molecule has 0 aromatic heterocycles. The molecule has 0 saturated heterocycles. The summed E-state index contributed by atoms with van der Waals surface area (Å²) in [4.78, 5) is 24.3. The third-order valence-corrected chi connectivity index (χ3v) is 6.60. The van der Waals surface area contributed by atoms with E-state index in [1.165, 1.54) is 38.5 Å². The van der Waals surface area contributed by atoms with Crippen LogP contribution in [0.25, 0.3) is 0 Å². The van der Waals surface area contributed by atoms with Crippen molar-refractivity contribution in [2.75, 3.05) is 6.61 Å². The predicted molar refractivity (Wildman–Crippen MR) is 103 cm³/mol. The van der Waals surface area contributed by atoms with Crippen molar-refractivity contribution in [3.05, 3.63) is 30.3 Å². The maximum Gasteiger partial charge on any atom is 0.238 e. The standard InChI is InChI=1S/C22H30N2O3/c25-20(7-4-8-27-19-5-2-1-3-6-19)23-24-21(26)15-22-12-16-9-17(13-22)11-18(10-16)14-22/h1-3,5-6,16-18H,4,7-15H2,(H,23,25)(H,24,26). The lowest BCUT2D eigenvalue weighted by Gasteiger charge is -2.56. The van der Waals surface area contributed by atoms with Gasteiger partial charge in [-0.2, -0.15) is 0 Å². The molecule has 2 amide bonds. The molecular formula is C22H30N2O3. The number of amides is 2. The molecule has 4 saturated carbocycles. The molecular weight excluding hydrogens is 340 g/mol. The molecule has 27 heavy (non-hydrogen) atoms. The summed E-state index contributed by atoms with van der Waals surface area (Å²) >= 11 is 0. The van der Waals surface area contributed by atoms with E-state index in [1.54, 1.807) is 0 Å². The number of ether oxygens (including phenoxy) is 1. The van der Waals surface area contributed by atoms with Crippen molar-refractivity contribution >= 4 is 11.8 Å². The van der Waals surface area contributed by atoms with E-state index < -0.39 is 0 Å². The molecule has 0 aliphatic heterocycles. The zero-order valence-electron chi connectivity index (χ0n) is 15.9. The molecule has 0 heterocycles. The Morgan fingerprint density at radius 1 is 0.926 bits per heavy atom. The lowest BCUT2D eigenvalue weighted by molar-refractivity contribution is -0.134. The maximum absolute atomic E-state index is 12.4. The molecule has 4 bridgehead atoms. The first-order valence-corrected chi connectivity index (χ1v) is 10.4. The van der Waals surface area contributed by atoms with E-state index in [9.17, 15) is 9.59 Å². The van der Waals surface area contributed by atoms with E-state index >= 15 is 0 Å². The van der Waals surface area contributed by atoms with Gasteiger partial charge in [0.25, 0.3) is 0 Å². The lowest BCUT2D eigenvalue weighted by atomic mass is 9.49. The molecule has 2 N–H and O–H groups in total. The van der Waals surface area contributed by atoms with E-state index in [1.807, 2.05) is 30.3 Å². The summed E-state index contributed by atoms with van der Waals surface area (Å²) in [6.45, 7) is 0.485. The minimum atomic E-state index is -0.162. The predicted octanol–water partition coefficient (Wildman–Crippen LogP) is 3.60. The third kappa shape index (κ3) is 4.63. The van der Waals surface area contributed by atoms with Gasteiger partial charge in [0.2, 0.25) is 11.8 Å². The van der Waals surface area contributed by atoms with Crippen LogP contribution in [-0.4, -0.2) is 18.4 Å². The summed E-state index contributed by atoms with van der Waals surface area (Å²) in [5.41, 5.74) is 5.41. The molecule has 4 aliphatic rings. The molecule has 0 radical (unpaired) electrons. The molecule has 4 aliphatic carbocycles. The van der Waals surface area contributed by atoms with E-state index in [-0.39, 0.29) is 17.2 Å². The van der Waals surface area contributed by atoms with Crippen LogP contribution < -0.4 is 15.6 Å². The van der Waals surface area contributed by atoms with Gasteiger partial charge in [0.05, 0.1) is 6.61 Å². The van der Waals surface area contributed by atoms with Gasteiger partial charge in [-0.15, -0.1) is 0 Å². The number of hydrogen-bond acceptors (Lipinski definition) is 3. The summed E-state index contributed by atoms with van der Waals surface area (Å²) < 4.78 is 5.57. The monoisotopic (exact) mass is 370 g/mol. The molecule has 146 valence electrons. The van der Waals surface area contributed by atoms with Crippen LogP contribution in [-0.2, 0) is 9.59 Å². The van der Waals surface area contributed by atoms with Gasteiger partial charge in [-0.1, -0.05) is 18.2 Å². The van der Waals surface area contributed by atoms with E-state index in [2.05, 4.69) is 10.9 Å². The van der Waals surface area contributed by atoms with Crippen molar-refractivity contribution in [3.8, 4) is 5.75 Å². The summed E-state index contributed by atoms with van der Waals surface area (Å²) in [6.07, 6.45) is 9.27. The highest BCUT2D eigenvalue weighted by molar-refractivity contribution is 5.82. The van der Waals surface area contributed by atoms with Crippen LogP contribution in [0, 0.1) is 23.2 Å². The number of rotatable bonds is 7. The molecule has 5 rings (SSSR count). The van der Waals surface area contributed by atoms with Gasteiger partial charge in [0.1, 0.15) is 5.75 Å². The zero-order valence-corrected chi connectivity index (χ0v) is 15.9. The first-order valence-electron chi connectivity index (χ1n) is 10.4. The van der Waals surface area contributed by atoms with E-state index in [4.69, 9.17) is 4.74 Å². The van der Waals surface area contributed by atoms with Crippen molar-refractivity contribution in [2.24, 2.45) is 23.2 Å². The molecule has 0 spiro atoms. The summed E-state index contributed by atoms with van der Waals surface area (Å²) in [6, 6.07) is 9.56. The topological polar surface area (TPSA) is 67.4 Å². The molecule has 0 unspecified atom stereocenters. The average Bonchev–Trinajstić information content (AvgIpc) is 2.63. The smallest absolute Gasteiger partial charge is 0.238 e. The second kappa shape index (κ2) is 7.91. The quantitative estimate of drug-likeness (QED) is 0.569. The largest absolute Gasteiger partial charge is 0.494 e. The van der Waals surface area contributed by atoms with Crippen molar-refractivity contribution in [1.29, 1.82) is 0 Å². The summed E-state index contributed by atoms with van der Waals surface area (Å²) in [5.74, 6) is 3.12. The van der Waals surface area contributed by atoms with Gasteiger partial charge < -0.3 is 4.74 Å². The van der Waals surface area contributed by atoms with Gasteiger partial charge in [-0.05, 0) is 80.2 Å². The first kappa shape index (κ1) is 18.3. The summed E-state index contributed by atoms with van der Waals surface area (Å²) in [5, 5.41) is 0. The van der Waals surface area contributed by atoms with E-state index in [0.29, 0.717) is 25.9 Å². The van der Waals surface area contributed by atoms with Crippen LogP contribution in [0.5, 0.6) is 5.75 Å². The number of hydrazine groups is 1. The highest BCUT2D eigenvalue weighted by atomic mass is 16.5. The Morgan fingerprint density at radius 2 is 1.52 bits per heavy atom. The van der Waals surface area contributed by atoms with Crippen molar-refractivity contribution in [1.82, 2.24) is 10.9 Å². The highest BCUT2D eigenvalue weighted by Gasteiger charge is 2.51. The van der Waals surface area contributed by atoms with Crippen LogP contribution in [0.4, 0.5) is 0 Å². The zero-order chi connectivity index (χ0) is 18.7. The first-order chi connectivity index (χ1) is 13.1. The number of benzene rings is 1. The Labute approximate surface area is 161 Å². The minimum Gasteiger partial charge on any atom is -0.494 e. The normalized spacial score (nSPS) is 30.7. The van der Waals surface area contributed by atoms with Gasteiger partial charge in [0.15, 0.2) is 0 Å². The summed E-state index contributed by atoms with van der Waals surface area (Å²) in [7, 11) is 0. The molecule has 1 aromatic carbocycles. The Bertz CT molecular complexity index is 638. The van der Waals surface area contributed by atoms with Crippen LogP contribution in [0.2, 0.25) is 0 Å². The fourth-order valence-corrected chi connectivity index (χ4v) is 6.03. The molecule has 0 atom stereocenters. The van der Waals surface area contributed by atoms with Crippen LogP contribution in [0.3, 0.4) is 0 Å². The molecule has 5 heteroatoms. The van der Waals surface area contributed by atoms with Crippen LogP contribution in [0.15, 0.2) is 30.3 Å². The van der Waals surface area contributed by atoms with Crippen LogP contribution in [0.1, 0.15) is 57.8 Å². The Kier molecular flexibility index (Phi) is 5.37. The van der Waals surface area contributed by atoms with Crippen molar-refractivity contribution < 1.29 is 14.3 Å². The SMILES string of the molecule is O=C(CCCOc1ccccc1)NNC(=O)CC12CC3CC(CC(C3)C1)C2. The number of carbonyl (C=O) groups excluding carboxylic acids is 2. The van der Waals surface area contributed by atoms with Gasteiger partial charge in [-0.3, -0.25) is 20.4 Å². The van der Waals surface area contributed by atoms with Crippen LogP contribution >= 0.6 is 0 Å². The number of hydrogen-bond donors (Lipinski definition) is 2. The molecule has 4 fully saturated rings. The minimum absolute atomic E-state index is 0.0363. The third-order valence-electron chi connectivity index (χ3n) is 6.60.